The van der Waals surface area contributed by atoms with E-state index in [0.29, 0.717) is 0 Å². The van der Waals surface area contributed by atoms with Crippen LogP contribution in [0.5, 0.6) is 0 Å². The summed E-state index contributed by atoms with van der Waals surface area (Å²) < 4.78 is 40.4. The second-order valence-electron chi connectivity index (χ2n) is 4.62. The lowest BCUT2D eigenvalue weighted by molar-refractivity contribution is 0.580. The van der Waals surface area contributed by atoms with Crippen molar-refractivity contribution in [1.82, 2.24) is 4.72 Å². The van der Waals surface area contributed by atoms with Crippen LogP contribution in [-0.4, -0.2) is 8.42 Å². The minimum absolute atomic E-state index is 0.0888. The van der Waals surface area contributed by atoms with Crippen LogP contribution in [0.15, 0.2) is 45.8 Å². The third-order valence-corrected chi connectivity index (χ3v) is 5.25. The molecule has 0 aromatic heterocycles. The molecular formula is C14H14BrFN2O2S. The zero-order chi connectivity index (χ0) is 15.6. The van der Waals surface area contributed by atoms with E-state index in [9.17, 15) is 12.8 Å². The lowest BCUT2D eigenvalue weighted by atomic mass is 10.1. The van der Waals surface area contributed by atoms with Gasteiger partial charge < -0.3 is 5.73 Å². The molecule has 0 aliphatic carbocycles. The van der Waals surface area contributed by atoms with Crippen LogP contribution in [0.2, 0.25) is 0 Å². The van der Waals surface area contributed by atoms with Gasteiger partial charge in [0.15, 0.2) is 0 Å². The maximum absolute atomic E-state index is 13.3. The topological polar surface area (TPSA) is 72.2 Å². The van der Waals surface area contributed by atoms with Crippen LogP contribution in [0.4, 0.5) is 10.1 Å². The first kappa shape index (κ1) is 15.9. The van der Waals surface area contributed by atoms with Crippen molar-refractivity contribution < 1.29 is 12.8 Å². The number of hydrogen-bond acceptors (Lipinski definition) is 3. The molecule has 0 amide bonds. The average Bonchev–Trinajstić information content (AvgIpc) is 2.41. The van der Waals surface area contributed by atoms with Crippen molar-refractivity contribution in [2.24, 2.45) is 0 Å². The Hall–Kier alpha value is -1.44. The van der Waals surface area contributed by atoms with Gasteiger partial charge in [-0.3, -0.25) is 0 Å². The predicted octanol–water partition coefficient (Wildman–Crippen LogP) is 2.96. The molecular weight excluding hydrogens is 359 g/mol. The summed E-state index contributed by atoms with van der Waals surface area (Å²) in [4.78, 5) is -0.0888. The molecule has 2 rings (SSSR count). The van der Waals surface area contributed by atoms with Crippen molar-refractivity contribution in [3.05, 3.63) is 57.8 Å². The number of sulfonamides is 1. The number of aryl methyl sites for hydroxylation is 1. The Morgan fingerprint density at radius 1 is 1.29 bits per heavy atom. The summed E-state index contributed by atoms with van der Waals surface area (Å²) in [7, 11) is -3.78. The maximum atomic E-state index is 13.3. The van der Waals surface area contributed by atoms with Gasteiger partial charge in [0.25, 0.3) is 0 Å². The highest BCUT2D eigenvalue weighted by Crippen LogP contribution is 2.26. The Morgan fingerprint density at radius 2 is 2.00 bits per heavy atom. The van der Waals surface area contributed by atoms with Gasteiger partial charge in [-0.2, -0.15) is 0 Å². The van der Waals surface area contributed by atoms with E-state index < -0.39 is 15.8 Å². The first-order valence-electron chi connectivity index (χ1n) is 6.09. The van der Waals surface area contributed by atoms with Gasteiger partial charge >= 0.3 is 0 Å². The summed E-state index contributed by atoms with van der Waals surface area (Å²) in [5.41, 5.74) is 7.09. The van der Waals surface area contributed by atoms with Gasteiger partial charge in [-0.05, 0) is 40.5 Å². The van der Waals surface area contributed by atoms with Crippen molar-refractivity contribution in [2.45, 2.75) is 18.4 Å². The molecule has 2 aromatic rings. The largest absolute Gasteiger partial charge is 0.396 e. The summed E-state index contributed by atoms with van der Waals surface area (Å²) in [5.74, 6) is -0.667. The van der Waals surface area contributed by atoms with E-state index in [-0.39, 0.29) is 21.6 Å². The number of anilines is 1. The number of benzene rings is 2. The van der Waals surface area contributed by atoms with Gasteiger partial charge in [-0.15, -0.1) is 0 Å². The Bertz CT molecular complexity index is 779. The maximum Gasteiger partial charge on any atom is 0.242 e. The van der Waals surface area contributed by atoms with Crippen molar-refractivity contribution in [3.63, 3.8) is 0 Å². The normalized spacial score (nSPS) is 11.6. The summed E-state index contributed by atoms with van der Waals surface area (Å²) in [6, 6.07) is 9.62. The molecule has 0 fully saturated rings. The molecule has 0 radical (unpaired) electrons. The number of rotatable bonds is 4. The van der Waals surface area contributed by atoms with Crippen LogP contribution < -0.4 is 10.5 Å². The molecule has 0 unspecified atom stereocenters. The van der Waals surface area contributed by atoms with Gasteiger partial charge in [-0.1, -0.05) is 29.8 Å². The first-order valence-corrected chi connectivity index (χ1v) is 8.37. The molecule has 0 atom stereocenters. The lowest BCUT2D eigenvalue weighted by Crippen LogP contribution is -2.24. The molecule has 0 spiro atoms. The highest BCUT2D eigenvalue weighted by atomic mass is 79.9. The Kier molecular flexibility index (Phi) is 4.65. The van der Waals surface area contributed by atoms with Crippen LogP contribution in [0, 0.1) is 12.7 Å². The van der Waals surface area contributed by atoms with Gasteiger partial charge in [0.05, 0.1) is 10.6 Å². The van der Waals surface area contributed by atoms with Crippen molar-refractivity contribution in [3.8, 4) is 0 Å². The smallest absolute Gasteiger partial charge is 0.242 e. The highest BCUT2D eigenvalue weighted by Gasteiger charge is 2.19. The van der Waals surface area contributed by atoms with E-state index in [1.165, 1.54) is 0 Å². The van der Waals surface area contributed by atoms with E-state index >= 15 is 0 Å². The number of nitrogens with two attached hydrogens (primary N) is 1. The third-order valence-electron chi connectivity index (χ3n) is 2.89. The van der Waals surface area contributed by atoms with E-state index in [2.05, 4.69) is 20.7 Å². The molecule has 0 saturated carbocycles. The Morgan fingerprint density at radius 3 is 2.67 bits per heavy atom. The molecule has 3 N–H and O–H groups in total. The third kappa shape index (κ3) is 3.81. The molecule has 0 bridgehead atoms. The molecule has 21 heavy (non-hydrogen) atoms. The number of nitrogens with one attached hydrogen (secondary N) is 1. The minimum Gasteiger partial charge on any atom is -0.396 e. The molecule has 2 aromatic carbocycles. The summed E-state index contributed by atoms with van der Waals surface area (Å²) in [6.45, 7) is 2.07. The standard InChI is InChI=1S/C14H14BrFN2O2S/c1-9-3-2-4-10(5-9)8-18-21(19,20)14-7-13(17)12(16)6-11(14)15/h2-7,18H,8,17H2,1H3. The highest BCUT2D eigenvalue weighted by molar-refractivity contribution is 9.10. The Labute approximate surface area is 131 Å². The van der Waals surface area contributed by atoms with Crippen LogP contribution in [0.25, 0.3) is 0 Å². The minimum atomic E-state index is -3.78. The van der Waals surface area contributed by atoms with Crippen molar-refractivity contribution in [1.29, 1.82) is 0 Å². The predicted molar refractivity (Wildman–Crippen MR) is 83.7 cm³/mol. The van der Waals surface area contributed by atoms with Gasteiger partial charge in [0.2, 0.25) is 10.0 Å². The number of nitrogen functional groups attached to an aromatic ring is 1. The fourth-order valence-electron chi connectivity index (χ4n) is 1.83. The summed E-state index contributed by atoms with van der Waals surface area (Å²) in [6.07, 6.45) is 0. The molecule has 0 heterocycles. The van der Waals surface area contributed by atoms with Gasteiger partial charge in [-0.25, -0.2) is 17.5 Å². The zero-order valence-electron chi connectivity index (χ0n) is 11.2. The molecule has 112 valence electrons. The second kappa shape index (κ2) is 6.13. The van der Waals surface area contributed by atoms with Crippen LogP contribution >= 0.6 is 15.9 Å². The summed E-state index contributed by atoms with van der Waals surface area (Å²) >= 11 is 3.04. The fraction of sp³-hybridized carbons (Fsp3) is 0.143. The number of hydrogen-bond donors (Lipinski definition) is 2. The number of halogens is 2. The molecule has 0 saturated heterocycles. The first-order chi connectivity index (χ1) is 9.79. The van der Waals surface area contributed by atoms with Gasteiger partial charge in [0.1, 0.15) is 5.82 Å². The van der Waals surface area contributed by atoms with E-state index in [1.807, 2.05) is 31.2 Å². The monoisotopic (exact) mass is 372 g/mol. The lowest BCUT2D eigenvalue weighted by Gasteiger charge is -2.10. The van der Waals surface area contributed by atoms with E-state index in [4.69, 9.17) is 5.73 Å². The summed E-state index contributed by atoms with van der Waals surface area (Å²) in [5, 5.41) is 0. The van der Waals surface area contributed by atoms with E-state index in [0.717, 1.165) is 23.3 Å². The van der Waals surface area contributed by atoms with Crippen molar-refractivity contribution in [2.75, 3.05) is 5.73 Å². The van der Waals surface area contributed by atoms with Crippen molar-refractivity contribution >= 4 is 31.6 Å². The second-order valence-corrected chi connectivity index (χ2v) is 7.21. The Balaban J connectivity index is 2.25. The zero-order valence-corrected chi connectivity index (χ0v) is 13.6. The van der Waals surface area contributed by atoms with Crippen LogP contribution in [0.3, 0.4) is 0 Å². The van der Waals surface area contributed by atoms with E-state index in [1.54, 1.807) is 0 Å². The quantitative estimate of drug-likeness (QED) is 0.810. The van der Waals surface area contributed by atoms with Crippen LogP contribution in [0.1, 0.15) is 11.1 Å². The molecule has 0 aliphatic heterocycles. The van der Waals surface area contributed by atoms with Gasteiger partial charge in [0, 0.05) is 11.0 Å². The average molecular weight is 373 g/mol. The fourth-order valence-corrected chi connectivity index (χ4v) is 3.89. The molecule has 4 nitrogen and oxygen atoms in total. The van der Waals surface area contributed by atoms with Crippen LogP contribution in [-0.2, 0) is 16.6 Å². The molecule has 7 heteroatoms. The SMILES string of the molecule is Cc1cccc(CNS(=O)(=O)c2cc(N)c(F)cc2Br)c1. The molecule has 0 aliphatic rings.